The second kappa shape index (κ2) is 2.21. The second-order valence-electron chi connectivity index (χ2n) is 2.57. The van der Waals surface area contributed by atoms with Gasteiger partial charge >= 0.3 is 0 Å². The molecule has 0 fully saturated rings. The number of nitrogens with zero attached hydrogens (tertiary/aromatic N) is 2. The minimum Gasteiger partial charge on any atom is -0.156 e. The molecule has 2 heteroatoms. The molecule has 9 heavy (non-hydrogen) atoms. The Morgan fingerprint density at radius 1 is 1.44 bits per heavy atom. The third-order valence-electron chi connectivity index (χ3n) is 1.27. The van der Waals surface area contributed by atoms with E-state index in [-0.39, 0.29) is 0 Å². The lowest BCUT2D eigenvalue weighted by molar-refractivity contribution is 0.678. The van der Waals surface area contributed by atoms with Crippen LogP contribution in [0, 0.1) is 5.92 Å². The summed E-state index contributed by atoms with van der Waals surface area (Å²) in [5, 5.41) is 3.89. The predicted octanol–water partition coefficient (Wildman–Crippen LogP) is 1.52. The molecule has 49 valence electrons. The first-order chi connectivity index (χ1) is 4.20. The average molecular weight is 123 g/mol. The van der Waals surface area contributed by atoms with Gasteiger partial charge in [-0.3, -0.25) is 0 Å². The normalized spacial score (nSPS) is 17.3. The first-order valence-corrected chi connectivity index (χ1v) is 3.17. The van der Waals surface area contributed by atoms with E-state index < -0.39 is 0 Å². The van der Waals surface area contributed by atoms with Crippen molar-refractivity contribution in [1.29, 1.82) is 0 Å². The van der Waals surface area contributed by atoms with E-state index in [9.17, 15) is 0 Å². The van der Waals surface area contributed by atoms with Crippen LogP contribution in [0.4, 0.5) is 0 Å². The second-order valence-corrected chi connectivity index (χ2v) is 2.57. The van der Waals surface area contributed by atoms with Crippen LogP contribution in [0.25, 0.3) is 0 Å². The predicted molar refractivity (Wildman–Crippen MR) is 38.2 cm³/mol. The lowest BCUT2D eigenvalue weighted by Gasteiger charge is -2.00. The van der Waals surface area contributed by atoms with E-state index in [0.29, 0.717) is 5.92 Å². The molecule has 1 heterocycles. The molecule has 1 aliphatic heterocycles. The third kappa shape index (κ3) is 1.31. The highest BCUT2D eigenvalue weighted by atomic mass is 15.3. The molecule has 1 radical (unpaired) electrons. The molecule has 0 spiro atoms. The van der Waals surface area contributed by atoms with E-state index in [1.54, 1.807) is 0 Å². The first-order valence-electron chi connectivity index (χ1n) is 3.17. The zero-order chi connectivity index (χ0) is 6.85. The molecule has 0 aromatic heterocycles. The standard InChI is InChI=1S/C7H11N2/c1-5(2)7-4-6(3)8-9-7/h4-5H,1-3H3. The zero-order valence-electron chi connectivity index (χ0n) is 6.05. The lowest BCUT2D eigenvalue weighted by Crippen LogP contribution is -1.99. The molecule has 0 aromatic carbocycles. The molecule has 0 atom stereocenters. The van der Waals surface area contributed by atoms with Gasteiger partial charge in [-0.1, -0.05) is 13.8 Å². The smallest absolute Gasteiger partial charge is 0.0674 e. The quantitative estimate of drug-likeness (QED) is 0.505. The van der Waals surface area contributed by atoms with Crippen molar-refractivity contribution in [2.75, 3.05) is 0 Å². The molecule has 1 rings (SSSR count). The summed E-state index contributed by atoms with van der Waals surface area (Å²) in [5.74, 6) is 0.506. The van der Waals surface area contributed by atoms with E-state index >= 15 is 0 Å². The summed E-state index contributed by atoms with van der Waals surface area (Å²) >= 11 is 0. The Hall–Kier alpha value is -0.790. The highest BCUT2D eigenvalue weighted by Crippen LogP contribution is 2.11. The van der Waals surface area contributed by atoms with Crippen molar-refractivity contribution < 1.29 is 0 Å². The molecule has 0 amide bonds. The molecular formula is C7H11N2. The van der Waals surface area contributed by atoms with Gasteiger partial charge in [-0.2, -0.15) is 10.5 Å². The van der Waals surface area contributed by atoms with Gasteiger partial charge in [-0.15, -0.1) is 0 Å². The van der Waals surface area contributed by atoms with Crippen LogP contribution in [-0.2, 0) is 0 Å². The molecule has 0 aliphatic carbocycles. The fourth-order valence-electron chi connectivity index (χ4n) is 0.690. The minimum absolute atomic E-state index is 0.506. The largest absolute Gasteiger partial charge is 0.156 e. The first kappa shape index (κ1) is 6.33. The summed E-state index contributed by atoms with van der Waals surface area (Å²) in [6.45, 7) is 6.19. The van der Waals surface area contributed by atoms with Gasteiger partial charge in [0.05, 0.1) is 11.4 Å². The van der Waals surface area contributed by atoms with Crippen LogP contribution < -0.4 is 5.43 Å². The summed E-state index contributed by atoms with van der Waals surface area (Å²) in [6.07, 6.45) is 2.02. The van der Waals surface area contributed by atoms with Gasteiger partial charge in [0.25, 0.3) is 0 Å². The van der Waals surface area contributed by atoms with Gasteiger partial charge in [-0.05, 0) is 18.9 Å². The molecule has 0 saturated carbocycles. The van der Waals surface area contributed by atoms with E-state index in [4.69, 9.17) is 0 Å². The molecule has 0 saturated heterocycles. The Bertz CT molecular complexity index is 166. The molecular weight excluding hydrogens is 112 g/mol. The van der Waals surface area contributed by atoms with Crippen LogP contribution >= 0.6 is 0 Å². The Balaban J connectivity index is 2.60. The van der Waals surface area contributed by atoms with Crippen LogP contribution in [-0.4, -0.2) is 5.71 Å². The fourth-order valence-corrected chi connectivity index (χ4v) is 0.690. The number of hydrogen-bond donors (Lipinski definition) is 0. The van der Waals surface area contributed by atoms with Gasteiger partial charge < -0.3 is 0 Å². The summed E-state index contributed by atoms with van der Waals surface area (Å²) in [6, 6.07) is 0. The van der Waals surface area contributed by atoms with Crippen molar-refractivity contribution in [3.8, 4) is 0 Å². The van der Waals surface area contributed by atoms with Crippen LogP contribution in [0.3, 0.4) is 0 Å². The third-order valence-corrected chi connectivity index (χ3v) is 1.27. The van der Waals surface area contributed by atoms with Crippen molar-refractivity contribution in [2.45, 2.75) is 20.8 Å². The maximum Gasteiger partial charge on any atom is 0.0674 e. The minimum atomic E-state index is 0.506. The van der Waals surface area contributed by atoms with Crippen molar-refractivity contribution in [1.82, 2.24) is 5.43 Å². The summed E-state index contributed by atoms with van der Waals surface area (Å²) < 4.78 is 0. The van der Waals surface area contributed by atoms with Crippen molar-refractivity contribution in [3.05, 3.63) is 11.8 Å². The number of allylic oxidation sites excluding steroid dienone is 2. The zero-order valence-corrected chi connectivity index (χ0v) is 6.05. The van der Waals surface area contributed by atoms with Crippen molar-refractivity contribution in [2.24, 2.45) is 11.0 Å². The molecule has 0 aromatic rings. The average Bonchev–Trinajstić information content (AvgIpc) is 2.14. The number of hydrogen-bond acceptors (Lipinski definition) is 1. The van der Waals surface area contributed by atoms with Crippen LogP contribution in [0.1, 0.15) is 20.8 Å². The van der Waals surface area contributed by atoms with Gasteiger partial charge in [0, 0.05) is 0 Å². The van der Waals surface area contributed by atoms with E-state index in [1.165, 1.54) is 0 Å². The summed E-state index contributed by atoms with van der Waals surface area (Å²) in [4.78, 5) is 0. The van der Waals surface area contributed by atoms with Crippen molar-refractivity contribution in [3.63, 3.8) is 0 Å². The molecule has 0 N–H and O–H groups in total. The highest BCUT2D eigenvalue weighted by Gasteiger charge is 2.08. The maximum absolute atomic E-state index is 3.97. The summed E-state index contributed by atoms with van der Waals surface area (Å²) in [5.41, 5.74) is 6.07. The highest BCUT2D eigenvalue weighted by molar-refractivity contribution is 5.94. The number of rotatable bonds is 1. The van der Waals surface area contributed by atoms with Gasteiger partial charge in [0.2, 0.25) is 0 Å². The maximum atomic E-state index is 3.97. The Morgan fingerprint density at radius 3 is 2.33 bits per heavy atom. The topological polar surface area (TPSA) is 26.5 Å². The van der Waals surface area contributed by atoms with E-state index in [1.807, 2.05) is 13.0 Å². The van der Waals surface area contributed by atoms with Gasteiger partial charge in [-0.25, -0.2) is 0 Å². The van der Waals surface area contributed by atoms with Crippen LogP contribution in [0.5, 0.6) is 0 Å². The Labute approximate surface area is 55.6 Å². The monoisotopic (exact) mass is 123 g/mol. The van der Waals surface area contributed by atoms with E-state index in [0.717, 1.165) is 11.4 Å². The SMILES string of the molecule is CC1=N[N]C(C(C)C)=C1. The van der Waals surface area contributed by atoms with Crippen LogP contribution in [0.15, 0.2) is 16.9 Å². The Kier molecular flexibility index (Phi) is 1.56. The Morgan fingerprint density at radius 2 is 2.11 bits per heavy atom. The van der Waals surface area contributed by atoms with Crippen molar-refractivity contribution >= 4 is 5.71 Å². The fraction of sp³-hybridized carbons (Fsp3) is 0.571. The molecule has 0 unspecified atom stereocenters. The van der Waals surface area contributed by atoms with Gasteiger partial charge in [0.15, 0.2) is 0 Å². The molecule has 1 aliphatic rings. The van der Waals surface area contributed by atoms with E-state index in [2.05, 4.69) is 24.4 Å². The van der Waals surface area contributed by atoms with Crippen LogP contribution in [0.2, 0.25) is 0 Å². The molecule has 0 bridgehead atoms. The lowest BCUT2D eigenvalue weighted by atomic mass is 10.1. The summed E-state index contributed by atoms with van der Waals surface area (Å²) in [7, 11) is 0. The molecule has 2 nitrogen and oxygen atoms in total. The van der Waals surface area contributed by atoms with Gasteiger partial charge in [0.1, 0.15) is 0 Å².